The van der Waals surface area contributed by atoms with Crippen LogP contribution in [0.1, 0.15) is 50.8 Å². The maximum absolute atomic E-state index is 11.9. The number of nitrogens with zero attached hydrogens (tertiary/aromatic N) is 1. The van der Waals surface area contributed by atoms with Gasteiger partial charge in [0.15, 0.2) is 5.78 Å². The number of carbonyl (C=O) groups excluding carboxylic acids is 1. The smallest absolute Gasteiger partial charge is 1.00 e. The molecule has 0 aromatic heterocycles. The van der Waals surface area contributed by atoms with Crippen molar-refractivity contribution in [1.82, 2.24) is 4.90 Å². The van der Waals surface area contributed by atoms with E-state index in [0.717, 1.165) is 13.1 Å². The van der Waals surface area contributed by atoms with E-state index in [-0.39, 0.29) is 57.7 Å². The van der Waals surface area contributed by atoms with Gasteiger partial charge >= 0.3 is 43.7 Å². The molecule has 0 saturated heterocycles. The van der Waals surface area contributed by atoms with Crippen LogP contribution in [0.25, 0.3) is 0 Å². The fourth-order valence-corrected chi connectivity index (χ4v) is 2.09. The molecule has 0 saturated carbocycles. The minimum Gasteiger partial charge on any atom is -1.00 e. The molecule has 1 N–H and O–H groups in total. The van der Waals surface area contributed by atoms with Crippen LogP contribution in [0, 0.1) is 0 Å². The average Bonchev–Trinajstić information content (AvgIpc) is 2.50. The Hall–Kier alpha value is -0.620. The number of carboxylic acids is 1. The zero-order valence-electron chi connectivity index (χ0n) is 15.6. The van der Waals surface area contributed by atoms with Crippen molar-refractivity contribution in [2.75, 3.05) is 26.2 Å². The molecule has 0 bridgehead atoms. The first-order valence-electron chi connectivity index (χ1n) is 7.29. The summed E-state index contributed by atoms with van der Waals surface area (Å²) in [5, 5.41) is 9.24. The van der Waals surface area contributed by atoms with Crippen LogP contribution in [0.2, 0.25) is 0 Å². The number of hydrogen-bond acceptors (Lipinski definition) is 4. The van der Waals surface area contributed by atoms with Crippen molar-refractivity contribution in [3.63, 3.8) is 0 Å². The fourth-order valence-electron chi connectivity index (χ4n) is 2.09. The number of carbonyl (C=O) groups is 2. The van der Waals surface area contributed by atoms with Crippen molar-refractivity contribution in [2.24, 2.45) is 0 Å². The molecule has 6 heteroatoms. The normalized spacial score (nSPS) is 10.2. The van der Waals surface area contributed by atoms with Gasteiger partial charge in [-0.2, -0.15) is 0 Å². The van der Waals surface area contributed by atoms with Gasteiger partial charge in [-0.3, -0.25) is 4.79 Å². The van der Waals surface area contributed by atoms with Gasteiger partial charge in [-0.15, -0.1) is 0 Å². The summed E-state index contributed by atoms with van der Waals surface area (Å²) in [6.45, 7) is 8.72. The second-order valence-corrected chi connectivity index (χ2v) is 4.64. The van der Waals surface area contributed by atoms with Crippen LogP contribution in [0.3, 0.4) is 0 Å². The molecule has 120 valence electrons. The largest absolute Gasteiger partial charge is 2.00 e. The molecule has 1 rings (SSSR count). The minimum atomic E-state index is -1.08. The molecule has 0 unspecified atom stereocenters. The molecule has 1 aromatic carbocycles. The topological polar surface area (TPSA) is 66.8 Å². The fraction of sp³-hybridized carbons (Fsp3) is 0.500. The summed E-state index contributed by atoms with van der Waals surface area (Å²) in [5.74, 6) is -1.02. The molecule has 0 radical (unpaired) electrons. The molecule has 1 aromatic rings. The van der Waals surface area contributed by atoms with E-state index in [1.165, 1.54) is 6.07 Å². The summed E-state index contributed by atoms with van der Waals surface area (Å²) >= 11 is 0. The van der Waals surface area contributed by atoms with E-state index in [1.807, 2.05) is 0 Å². The molecule has 22 heavy (non-hydrogen) atoms. The van der Waals surface area contributed by atoms with Crippen LogP contribution in [0.4, 0.5) is 0 Å². The number of ether oxygens (including phenoxy) is 1. The summed E-state index contributed by atoms with van der Waals surface area (Å²) in [4.78, 5) is 25.4. The van der Waals surface area contributed by atoms with E-state index >= 15 is 0 Å². The van der Waals surface area contributed by atoms with E-state index in [1.54, 1.807) is 19.1 Å². The van der Waals surface area contributed by atoms with Gasteiger partial charge in [-0.05, 0) is 25.2 Å². The van der Waals surface area contributed by atoms with Crippen molar-refractivity contribution in [3.8, 4) is 5.75 Å². The van der Waals surface area contributed by atoms with Gasteiger partial charge in [-0.1, -0.05) is 26.8 Å². The van der Waals surface area contributed by atoms with Gasteiger partial charge in [0.2, 0.25) is 0 Å². The van der Waals surface area contributed by atoms with Crippen molar-refractivity contribution < 1.29 is 22.3 Å². The third-order valence-electron chi connectivity index (χ3n) is 3.42. The van der Waals surface area contributed by atoms with Gasteiger partial charge in [0.1, 0.15) is 17.9 Å². The Bertz CT molecular complexity index is 511. The molecular weight excluding hydrogens is 310 g/mol. The molecule has 0 fully saturated rings. The number of para-hydroxylation sites is 1. The van der Waals surface area contributed by atoms with E-state index < -0.39 is 5.97 Å². The second kappa shape index (κ2) is 11.0. The summed E-state index contributed by atoms with van der Waals surface area (Å²) in [6, 6.07) is 4.65. The molecule has 0 aliphatic heterocycles. The number of Topliss-reactive ketones (excluding diaryl/α,β-unsaturated/α-hetero) is 1. The summed E-state index contributed by atoms with van der Waals surface area (Å²) in [6.07, 6.45) is 0.315. The number of rotatable bonds is 9. The van der Waals surface area contributed by atoms with E-state index in [0.29, 0.717) is 25.1 Å². The molecule has 0 heterocycles. The van der Waals surface area contributed by atoms with Crippen LogP contribution in [0.5, 0.6) is 5.75 Å². The quantitative estimate of drug-likeness (QED) is 0.555. The molecular formula is C16H25CaNO4. The molecule has 5 nitrogen and oxygen atoms in total. The first-order chi connectivity index (χ1) is 10.0. The van der Waals surface area contributed by atoms with Gasteiger partial charge in [0.05, 0.1) is 5.56 Å². The Kier molecular flexibility index (Phi) is 10.7. The predicted octanol–water partition coefficient (Wildman–Crippen LogP) is 2.54. The van der Waals surface area contributed by atoms with Crippen LogP contribution in [0.15, 0.2) is 18.2 Å². The molecule has 0 spiro atoms. The van der Waals surface area contributed by atoms with Gasteiger partial charge < -0.3 is 17.6 Å². The van der Waals surface area contributed by atoms with E-state index in [4.69, 9.17) is 4.74 Å². The third-order valence-corrected chi connectivity index (χ3v) is 3.42. The Balaban J connectivity index is -0.00000147. The summed E-state index contributed by atoms with van der Waals surface area (Å²) in [5.41, 5.74) is 0.380. The summed E-state index contributed by atoms with van der Waals surface area (Å²) in [7, 11) is 0. The number of benzene rings is 1. The Labute approximate surface area is 164 Å². The van der Waals surface area contributed by atoms with Crippen LogP contribution >= 0.6 is 0 Å². The zero-order chi connectivity index (χ0) is 15.8. The Morgan fingerprint density at radius 2 is 1.77 bits per heavy atom. The van der Waals surface area contributed by atoms with Gasteiger partial charge in [0, 0.05) is 13.0 Å². The van der Waals surface area contributed by atoms with Crippen molar-refractivity contribution >= 4 is 49.5 Å². The molecule has 0 amide bonds. The van der Waals surface area contributed by atoms with Crippen LogP contribution in [-0.4, -0.2) is 85.7 Å². The maximum atomic E-state index is 11.9. The monoisotopic (exact) mass is 335 g/mol. The SMILES string of the molecule is CCC(=O)c1cccc(C(=O)O)c1OCCN(CC)CC.[Ca+2].[H-].[H-]. The van der Waals surface area contributed by atoms with Crippen molar-refractivity contribution in [2.45, 2.75) is 27.2 Å². The number of likely N-dealkylation sites (N-methyl/N-ethyl adjacent to an activating group) is 1. The number of hydrogen-bond donors (Lipinski definition) is 1. The number of aromatic carboxylic acids is 1. The molecule has 0 aliphatic rings. The van der Waals surface area contributed by atoms with Crippen molar-refractivity contribution in [1.29, 1.82) is 0 Å². The predicted molar refractivity (Wildman–Crippen MR) is 89.3 cm³/mol. The number of ketones is 1. The standard InChI is InChI=1S/C16H23NO4.Ca.2H/c1-4-14(18)12-8-7-9-13(16(19)20)15(12)21-11-10-17(5-2)6-3;;;/h7-9H,4-6,10-11H2,1-3H3,(H,19,20);;;/q;+2;2*-1. The molecule has 0 aliphatic carbocycles. The minimum absolute atomic E-state index is 0. The average molecular weight is 335 g/mol. The Morgan fingerprint density at radius 3 is 2.27 bits per heavy atom. The first-order valence-corrected chi connectivity index (χ1v) is 7.29. The first kappa shape index (κ1) is 21.4. The maximum Gasteiger partial charge on any atom is 2.00 e. The van der Waals surface area contributed by atoms with E-state index in [2.05, 4.69) is 18.7 Å². The van der Waals surface area contributed by atoms with Gasteiger partial charge in [0.25, 0.3) is 0 Å². The second-order valence-electron chi connectivity index (χ2n) is 4.64. The Morgan fingerprint density at radius 1 is 1.18 bits per heavy atom. The third kappa shape index (κ3) is 5.88. The van der Waals surface area contributed by atoms with E-state index in [9.17, 15) is 14.7 Å². The molecule has 0 atom stereocenters. The van der Waals surface area contributed by atoms with Gasteiger partial charge in [-0.25, -0.2) is 4.79 Å². The zero-order valence-corrected chi connectivity index (χ0v) is 15.8. The number of carboxylic acid groups (broad SMARTS) is 1. The van der Waals surface area contributed by atoms with Crippen molar-refractivity contribution in [3.05, 3.63) is 29.3 Å². The summed E-state index contributed by atoms with van der Waals surface area (Å²) < 4.78 is 5.64. The van der Waals surface area contributed by atoms with Crippen LogP contribution < -0.4 is 4.74 Å². The van der Waals surface area contributed by atoms with Crippen LogP contribution in [-0.2, 0) is 0 Å².